The number of methoxy groups -OCH3 is 1. The Morgan fingerprint density at radius 2 is 1.94 bits per heavy atom. The molecule has 4 nitrogen and oxygen atoms in total. The summed E-state index contributed by atoms with van der Waals surface area (Å²) in [5, 5.41) is 0. The average molecular weight is 270 g/mol. The standard InChI is InChI=1S/C13H18O4S/c1-9-5-6-12(10(2)7-9)18(15,16)8-11(3)13(14)17-4/h5-7,11H,8H2,1-4H3. The molecule has 18 heavy (non-hydrogen) atoms. The third kappa shape index (κ3) is 3.32. The molecule has 1 atom stereocenters. The van der Waals surface area contributed by atoms with Crippen molar-refractivity contribution in [1.82, 2.24) is 0 Å². The van der Waals surface area contributed by atoms with Crippen molar-refractivity contribution in [2.24, 2.45) is 5.92 Å². The third-order valence-corrected chi connectivity index (χ3v) is 4.81. The van der Waals surface area contributed by atoms with E-state index in [0.717, 1.165) is 5.56 Å². The molecule has 0 fully saturated rings. The molecule has 0 saturated carbocycles. The van der Waals surface area contributed by atoms with Gasteiger partial charge < -0.3 is 4.74 Å². The van der Waals surface area contributed by atoms with Crippen LogP contribution in [0.2, 0.25) is 0 Å². The van der Waals surface area contributed by atoms with Gasteiger partial charge in [0.15, 0.2) is 9.84 Å². The highest BCUT2D eigenvalue weighted by Gasteiger charge is 2.24. The Labute approximate surface area is 108 Å². The van der Waals surface area contributed by atoms with E-state index in [4.69, 9.17) is 0 Å². The number of benzene rings is 1. The van der Waals surface area contributed by atoms with Crippen LogP contribution in [0.5, 0.6) is 0 Å². The fourth-order valence-corrected chi connectivity index (χ4v) is 3.64. The Morgan fingerprint density at radius 1 is 1.33 bits per heavy atom. The lowest BCUT2D eigenvalue weighted by Gasteiger charge is -2.12. The summed E-state index contributed by atoms with van der Waals surface area (Å²) in [5.74, 6) is -1.41. The molecule has 0 heterocycles. The average Bonchev–Trinajstić information content (AvgIpc) is 2.26. The lowest BCUT2D eigenvalue weighted by Crippen LogP contribution is -2.23. The number of ether oxygens (including phenoxy) is 1. The second-order valence-corrected chi connectivity index (χ2v) is 6.48. The van der Waals surface area contributed by atoms with Crippen LogP contribution in [0.3, 0.4) is 0 Å². The van der Waals surface area contributed by atoms with Crippen LogP contribution in [-0.2, 0) is 19.4 Å². The molecule has 0 aliphatic carbocycles. The number of aryl methyl sites for hydroxylation is 2. The summed E-state index contributed by atoms with van der Waals surface area (Å²) in [6.07, 6.45) is 0. The van der Waals surface area contributed by atoms with Crippen LogP contribution in [0.25, 0.3) is 0 Å². The Morgan fingerprint density at radius 3 is 2.44 bits per heavy atom. The molecule has 0 spiro atoms. The van der Waals surface area contributed by atoms with E-state index in [1.165, 1.54) is 7.11 Å². The van der Waals surface area contributed by atoms with Crippen molar-refractivity contribution >= 4 is 15.8 Å². The molecule has 0 radical (unpaired) electrons. The molecule has 0 aliphatic rings. The summed E-state index contributed by atoms with van der Waals surface area (Å²) in [4.78, 5) is 11.6. The minimum atomic E-state index is -3.46. The summed E-state index contributed by atoms with van der Waals surface area (Å²) in [6.45, 7) is 5.20. The predicted molar refractivity (Wildman–Crippen MR) is 69.1 cm³/mol. The topological polar surface area (TPSA) is 60.4 Å². The van der Waals surface area contributed by atoms with Crippen molar-refractivity contribution in [1.29, 1.82) is 0 Å². The quantitative estimate of drug-likeness (QED) is 0.784. The van der Waals surface area contributed by atoms with Gasteiger partial charge in [0.25, 0.3) is 0 Å². The van der Waals surface area contributed by atoms with Crippen molar-refractivity contribution in [2.75, 3.05) is 12.9 Å². The largest absolute Gasteiger partial charge is 0.469 e. The predicted octanol–water partition coefficient (Wildman–Crippen LogP) is 1.89. The van der Waals surface area contributed by atoms with E-state index in [1.54, 1.807) is 26.0 Å². The number of hydrogen-bond donors (Lipinski definition) is 0. The van der Waals surface area contributed by atoms with Crippen LogP contribution >= 0.6 is 0 Å². The van der Waals surface area contributed by atoms with Crippen molar-refractivity contribution in [2.45, 2.75) is 25.7 Å². The maximum Gasteiger partial charge on any atom is 0.309 e. The van der Waals surface area contributed by atoms with E-state index in [1.807, 2.05) is 13.0 Å². The summed E-state index contributed by atoms with van der Waals surface area (Å²) < 4.78 is 28.9. The molecule has 0 N–H and O–H groups in total. The lowest BCUT2D eigenvalue weighted by atomic mass is 10.2. The summed E-state index contributed by atoms with van der Waals surface area (Å²) in [6, 6.07) is 5.16. The van der Waals surface area contributed by atoms with Gasteiger partial charge in [-0.2, -0.15) is 0 Å². The Balaban J connectivity index is 3.04. The Bertz CT molecular complexity index is 546. The zero-order valence-corrected chi connectivity index (χ0v) is 11.9. The van der Waals surface area contributed by atoms with Gasteiger partial charge in [-0.3, -0.25) is 4.79 Å². The number of carbonyl (C=O) groups is 1. The molecular formula is C13H18O4S. The van der Waals surface area contributed by atoms with Gasteiger partial charge in [0, 0.05) is 0 Å². The van der Waals surface area contributed by atoms with E-state index in [2.05, 4.69) is 4.74 Å². The first kappa shape index (κ1) is 14.7. The number of carbonyl (C=O) groups excluding carboxylic acids is 1. The van der Waals surface area contributed by atoms with Gasteiger partial charge in [-0.1, -0.05) is 24.6 Å². The molecule has 1 unspecified atom stereocenters. The summed E-state index contributed by atoms with van der Waals surface area (Å²) >= 11 is 0. The van der Waals surface area contributed by atoms with Crippen LogP contribution in [0, 0.1) is 19.8 Å². The van der Waals surface area contributed by atoms with E-state index >= 15 is 0 Å². The second-order valence-electron chi connectivity index (χ2n) is 4.47. The smallest absolute Gasteiger partial charge is 0.309 e. The molecule has 0 amide bonds. The molecule has 0 aromatic heterocycles. The van der Waals surface area contributed by atoms with Crippen LogP contribution < -0.4 is 0 Å². The minimum Gasteiger partial charge on any atom is -0.469 e. The summed E-state index contributed by atoms with van der Waals surface area (Å²) in [7, 11) is -2.21. The second kappa shape index (κ2) is 5.52. The number of rotatable bonds is 4. The van der Waals surface area contributed by atoms with Gasteiger partial charge >= 0.3 is 5.97 Å². The van der Waals surface area contributed by atoms with Crippen molar-refractivity contribution in [3.63, 3.8) is 0 Å². The first-order chi connectivity index (χ1) is 8.27. The minimum absolute atomic E-state index is 0.233. The fraction of sp³-hybridized carbons (Fsp3) is 0.462. The van der Waals surface area contributed by atoms with E-state index in [-0.39, 0.29) is 10.6 Å². The molecule has 1 rings (SSSR count). The highest BCUT2D eigenvalue weighted by molar-refractivity contribution is 7.91. The normalized spacial score (nSPS) is 13.1. The monoisotopic (exact) mass is 270 g/mol. The van der Waals surface area contributed by atoms with Crippen LogP contribution in [0.15, 0.2) is 23.1 Å². The van der Waals surface area contributed by atoms with Crippen LogP contribution in [0.1, 0.15) is 18.1 Å². The van der Waals surface area contributed by atoms with Crippen LogP contribution in [-0.4, -0.2) is 27.2 Å². The lowest BCUT2D eigenvalue weighted by molar-refractivity contribution is -0.144. The number of esters is 1. The third-order valence-electron chi connectivity index (χ3n) is 2.74. The zero-order chi connectivity index (χ0) is 13.9. The number of sulfone groups is 1. The highest BCUT2D eigenvalue weighted by atomic mass is 32.2. The molecule has 0 aliphatic heterocycles. The van der Waals surface area contributed by atoms with E-state index in [0.29, 0.717) is 5.56 Å². The van der Waals surface area contributed by atoms with Crippen molar-refractivity contribution in [3.05, 3.63) is 29.3 Å². The van der Waals surface area contributed by atoms with Crippen molar-refractivity contribution in [3.8, 4) is 0 Å². The molecule has 100 valence electrons. The van der Waals surface area contributed by atoms with Gasteiger partial charge in [-0.15, -0.1) is 0 Å². The maximum absolute atomic E-state index is 12.2. The van der Waals surface area contributed by atoms with Gasteiger partial charge in [0.05, 0.1) is 23.7 Å². The first-order valence-electron chi connectivity index (χ1n) is 5.65. The fourth-order valence-electron chi connectivity index (χ4n) is 1.84. The SMILES string of the molecule is COC(=O)C(C)CS(=O)(=O)c1ccc(C)cc1C. The number of hydrogen-bond acceptors (Lipinski definition) is 4. The zero-order valence-electron chi connectivity index (χ0n) is 11.1. The Hall–Kier alpha value is -1.36. The van der Waals surface area contributed by atoms with E-state index in [9.17, 15) is 13.2 Å². The molecule has 0 bridgehead atoms. The Kier molecular flexibility index (Phi) is 4.51. The highest BCUT2D eigenvalue weighted by Crippen LogP contribution is 2.20. The first-order valence-corrected chi connectivity index (χ1v) is 7.31. The maximum atomic E-state index is 12.2. The summed E-state index contributed by atoms with van der Waals surface area (Å²) in [5.41, 5.74) is 1.71. The molecule has 1 aromatic rings. The van der Waals surface area contributed by atoms with Crippen LogP contribution in [0.4, 0.5) is 0 Å². The van der Waals surface area contributed by atoms with Gasteiger partial charge in [-0.05, 0) is 25.5 Å². The molecule has 0 saturated heterocycles. The van der Waals surface area contributed by atoms with Gasteiger partial charge in [-0.25, -0.2) is 8.42 Å². The van der Waals surface area contributed by atoms with Crippen molar-refractivity contribution < 1.29 is 17.9 Å². The van der Waals surface area contributed by atoms with Gasteiger partial charge in [0.1, 0.15) is 0 Å². The van der Waals surface area contributed by atoms with E-state index < -0.39 is 21.7 Å². The molecular weight excluding hydrogens is 252 g/mol. The van der Waals surface area contributed by atoms with Gasteiger partial charge in [0.2, 0.25) is 0 Å². The molecule has 5 heteroatoms. The molecule has 1 aromatic carbocycles.